The Hall–Kier alpha value is -2.33. The van der Waals surface area contributed by atoms with Gasteiger partial charge in [-0.2, -0.15) is 0 Å². The van der Waals surface area contributed by atoms with E-state index in [9.17, 15) is 9.59 Å². The average molecular weight is 357 g/mol. The van der Waals surface area contributed by atoms with Crippen LogP contribution in [0.3, 0.4) is 0 Å². The first-order valence-electron chi connectivity index (χ1n) is 8.37. The van der Waals surface area contributed by atoms with Gasteiger partial charge in [-0.15, -0.1) is 0 Å². The Morgan fingerprint density at radius 3 is 2.44 bits per heavy atom. The number of nitrogens with zero attached hydrogens (tertiary/aromatic N) is 1. The number of hydrogen-bond donors (Lipinski definition) is 1. The second kappa shape index (κ2) is 7.70. The van der Waals surface area contributed by atoms with Gasteiger partial charge < -0.3 is 10.2 Å². The van der Waals surface area contributed by atoms with E-state index in [0.717, 1.165) is 11.1 Å². The lowest BCUT2D eigenvalue weighted by Crippen LogP contribution is -2.32. The van der Waals surface area contributed by atoms with Gasteiger partial charge in [0.25, 0.3) is 0 Å². The van der Waals surface area contributed by atoms with Gasteiger partial charge in [0.15, 0.2) is 0 Å². The van der Waals surface area contributed by atoms with Crippen LogP contribution in [0.25, 0.3) is 0 Å². The first-order chi connectivity index (χ1) is 12.0. The molecule has 0 radical (unpaired) electrons. The summed E-state index contributed by atoms with van der Waals surface area (Å²) in [5.74, 6) is -0.327. The second-order valence-corrected chi connectivity index (χ2v) is 6.94. The molecule has 130 valence electrons. The van der Waals surface area contributed by atoms with Crippen molar-refractivity contribution in [2.24, 2.45) is 5.92 Å². The van der Waals surface area contributed by atoms with E-state index in [1.54, 1.807) is 17.0 Å². The molecule has 1 saturated heterocycles. The number of likely N-dealkylation sites (tertiary alicyclic amines) is 1. The average Bonchev–Trinajstić information content (AvgIpc) is 2.97. The molecule has 3 rings (SSSR count). The summed E-state index contributed by atoms with van der Waals surface area (Å²) in [5, 5.41) is 3.58. The molecule has 1 unspecified atom stereocenters. The molecule has 2 amide bonds. The molecule has 0 saturated carbocycles. The van der Waals surface area contributed by atoms with Crippen LogP contribution in [-0.4, -0.2) is 23.3 Å². The third-order valence-corrected chi connectivity index (χ3v) is 4.71. The topological polar surface area (TPSA) is 49.4 Å². The highest BCUT2D eigenvalue weighted by Gasteiger charge is 2.34. The SMILES string of the molecule is Cc1ccc(CN2CC(C(=O)NCc3ccc(Cl)cc3)CC2=O)cc1. The molecule has 5 heteroatoms. The molecule has 1 aliphatic heterocycles. The van der Waals surface area contributed by atoms with Gasteiger partial charge in [0.1, 0.15) is 0 Å². The van der Waals surface area contributed by atoms with Gasteiger partial charge in [-0.25, -0.2) is 0 Å². The monoisotopic (exact) mass is 356 g/mol. The van der Waals surface area contributed by atoms with Crippen LogP contribution in [0.1, 0.15) is 23.1 Å². The summed E-state index contributed by atoms with van der Waals surface area (Å²) in [6.07, 6.45) is 0.276. The fraction of sp³-hybridized carbons (Fsp3) is 0.300. The molecule has 1 atom stereocenters. The summed E-state index contributed by atoms with van der Waals surface area (Å²) in [5.41, 5.74) is 3.26. The summed E-state index contributed by atoms with van der Waals surface area (Å²) in [4.78, 5) is 26.3. The van der Waals surface area contributed by atoms with Crippen molar-refractivity contribution in [1.82, 2.24) is 10.2 Å². The third kappa shape index (κ3) is 4.60. The minimum Gasteiger partial charge on any atom is -0.352 e. The van der Waals surface area contributed by atoms with Gasteiger partial charge >= 0.3 is 0 Å². The Bertz CT molecular complexity index is 756. The standard InChI is InChI=1S/C20H21ClN2O2/c1-14-2-4-16(5-3-14)12-23-13-17(10-19(23)24)20(25)22-11-15-6-8-18(21)9-7-15/h2-9,17H,10-13H2,1H3,(H,22,25). The predicted octanol–water partition coefficient (Wildman–Crippen LogP) is 3.31. The van der Waals surface area contributed by atoms with E-state index >= 15 is 0 Å². The lowest BCUT2D eigenvalue weighted by atomic mass is 10.1. The van der Waals surface area contributed by atoms with Crippen LogP contribution in [-0.2, 0) is 22.7 Å². The van der Waals surface area contributed by atoms with Crippen molar-refractivity contribution in [1.29, 1.82) is 0 Å². The fourth-order valence-electron chi connectivity index (χ4n) is 2.95. The highest BCUT2D eigenvalue weighted by atomic mass is 35.5. The Morgan fingerprint density at radius 2 is 1.76 bits per heavy atom. The zero-order chi connectivity index (χ0) is 17.8. The maximum atomic E-state index is 12.4. The molecule has 0 spiro atoms. The maximum Gasteiger partial charge on any atom is 0.225 e. The summed E-state index contributed by atoms with van der Waals surface area (Å²) in [6.45, 7) is 3.50. The molecule has 0 bridgehead atoms. The van der Waals surface area contributed by atoms with Gasteiger partial charge in [0.2, 0.25) is 11.8 Å². The summed E-state index contributed by atoms with van der Waals surface area (Å²) in [6, 6.07) is 15.5. The lowest BCUT2D eigenvalue weighted by molar-refractivity contribution is -0.129. The molecule has 1 aliphatic rings. The van der Waals surface area contributed by atoms with Crippen molar-refractivity contribution in [3.63, 3.8) is 0 Å². The lowest BCUT2D eigenvalue weighted by Gasteiger charge is -2.17. The van der Waals surface area contributed by atoms with Crippen LogP contribution in [0.4, 0.5) is 0 Å². The van der Waals surface area contributed by atoms with E-state index < -0.39 is 0 Å². The Morgan fingerprint density at radius 1 is 1.12 bits per heavy atom. The Labute approximate surface area is 152 Å². The zero-order valence-electron chi connectivity index (χ0n) is 14.2. The molecule has 0 aromatic heterocycles. The molecule has 2 aromatic rings. The predicted molar refractivity (Wildman–Crippen MR) is 98.0 cm³/mol. The van der Waals surface area contributed by atoms with Gasteiger partial charge in [-0.3, -0.25) is 9.59 Å². The Kier molecular flexibility index (Phi) is 5.39. The number of carbonyl (C=O) groups excluding carboxylic acids is 2. The molecule has 25 heavy (non-hydrogen) atoms. The number of amides is 2. The normalized spacial score (nSPS) is 17.0. The van der Waals surface area contributed by atoms with Crippen LogP contribution in [0.5, 0.6) is 0 Å². The van der Waals surface area contributed by atoms with Gasteiger partial charge in [-0.05, 0) is 30.2 Å². The van der Waals surface area contributed by atoms with Crippen molar-refractivity contribution in [2.45, 2.75) is 26.4 Å². The number of benzene rings is 2. The number of nitrogens with one attached hydrogen (secondary N) is 1. The van der Waals surface area contributed by atoms with E-state index in [1.807, 2.05) is 43.3 Å². The molecular weight excluding hydrogens is 336 g/mol. The van der Waals surface area contributed by atoms with Crippen LogP contribution < -0.4 is 5.32 Å². The van der Waals surface area contributed by atoms with Crippen molar-refractivity contribution < 1.29 is 9.59 Å². The van der Waals surface area contributed by atoms with Gasteiger partial charge in [0, 0.05) is 31.1 Å². The number of rotatable bonds is 5. The van der Waals surface area contributed by atoms with Crippen molar-refractivity contribution in [3.05, 3.63) is 70.2 Å². The molecule has 1 heterocycles. The molecule has 1 N–H and O–H groups in total. The zero-order valence-corrected chi connectivity index (χ0v) is 14.9. The number of carbonyl (C=O) groups is 2. The summed E-state index contributed by atoms with van der Waals surface area (Å²) in [7, 11) is 0. The van der Waals surface area contributed by atoms with E-state index in [4.69, 9.17) is 11.6 Å². The van der Waals surface area contributed by atoms with Crippen LogP contribution in [0.2, 0.25) is 5.02 Å². The highest BCUT2D eigenvalue weighted by molar-refractivity contribution is 6.30. The number of aryl methyl sites for hydroxylation is 1. The molecule has 4 nitrogen and oxygen atoms in total. The van der Waals surface area contributed by atoms with E-state index in [-0.39, 0.29) is 24.2 Å². The highest BCUT2D eigenvalue weighted by Crippen LogP contribution is 2.21. The van der Waals surface area contributed by atoms with Crippen LogP contribution in [0, 0.1) is 12.8 Å². The summed E-state index contributed by atoms with van der Waals surface area (Å²) < 4.78 is 0. The molecule has 2 aromatic carbocycles. The molecule has 0 aliphatic carbocycles. The van der Waals surface area contributed by atoms with Crippen LogP contribution >= 0.6 is 11.6 Å². The minimum atomic E-state index is -0.287. The third-order valence-electron chi connectivity index (χ3n) is 4.46. The minimum absolute atomic E-state index is 0.0345. The first kappa shape index (κ1) is 17.5. The number of hydrogen-bond acceptors (Lipinski definition) is 2. The fourth-order valence-corrected chi connectivity index (χ4v) is 3.08. The largest absolute Gasteiger partial charge is 0.352 e. The van der Waals surface area contributed by atoms with Crippen molar-refractivity contribution in [3.8, 4) is 0 Å². The van der Waals surface area contributed by atoms with Gasteiger partial charge in [0.05, 0.1) is 5.92 Å². The van der Waals surface area contributed by atoms with Crippen molar-refractivity contribution in [2.75, 3.05) is 6.54 Å². The smallest absolute Gasteiger partial charge is 0.225 e. The van der Waals surface area contributed by atoms with E-state index in [1.165, 1.54) is 5.56 Å². The van der Waals surface area contributed by atoms with E-state index in [2.05, 4.69) is 5.32 Å². The summed E-state index contributed by atoms with van der Waals surface area (Å²) >= 11 is 5.85. The Balaban J connectivity index is 1.53. The molecule has 1 fully saturated rings. The number of halogens is 1. The van der Waals surface area contributed by atoms with E-state index in [0.29, 0.717) is 24.7 Å². The second-order valence-electron chi connectivity index (χ2n) is 6.51. The van der Waals surface area contributed by atoms with Crippen LogP contribution in [0.15, 0.2) is 48.5 Å². The first-order valence-corrected chi connectivity index (χ1v) is 8.74. The van der Waals surface area contributed by atoms with Crippen molar-refractivity contribution >= 4 is 23.4 Å². The quantitative estimate of drug-likeness (QED) is 0.893. The molecular formula is C20H21ClN2O2. The maximum absolute atomic E-state index is 12.4. The van der Waals surface area contributed by atoms with Gasteiger partial charge in [-0.1, -0.05) is 53.6 Å².